The number of ether oxygens (including phenoxy) is 2. The van der Waals surface area contributed by atoms with Gasteiger partial charge in [0.15, 0.2) is 0 Å². The van der Waals surface area contributed by atoms with Gasteiger partial charge in [-0.1, -0.05) is 23.2 Å². The molecule has 0 spiro atoms. The van der Waals surface area contributed by atoms with E-state index in [1.54, 1.807) is 0 Å². The van der Waals surface area contributed by atoms with Gasteiger partial charge < -0.3 is 19.4 Å². The van der Waals surface area contributed by atoms with Crippen LogP contribution in [0.1, 0.15) is 10.4 Å². The lowest BCUT2D eigenvalue weighted by Crippen LogP contribution is -2.23. The SMILES string of the molecule is O=C([O-])c1cc(Cl)c(Oc2ccc(OC(F)(F)F)c(Cl)c2)cc1F. The molecule has 0 aliphatic rings. The minimum Gasteiger partial charge on any atom is -0.545 e. The number of carbonyl (C=O) groups excluding carboxylic acids is 1. The van der Waals surface area contributed by atoms with Crippen molar-refractivity contribution in [2.24, 2.45) is 0 Å². The van der Waals surface area contributed by atoms with Crippen molar-refractivity contribution in [1.82, 2.24) is 0 Å². The van der Waals surface area contributed by atoms with E-state index in [2.05, 4.69) is 4.74 Å². The summed E-state index contributed by atoms with van der Waals surface area (Å²) in [4.78, 5) is 10.7. The van der Waals surface area contributed by atoms with Gasteiger partial charge in [-0.05, 0) is 18.2 Å². The number of rotatable bonds is 4. The molecule has 0 atom stereocenters. The maximum absolute atomic E-state index is 13.6. The van der Waals surface area contributed by atoms with Crippen molar-refractivity contribution >= 4 is 29.2 Å². The second-order valence-corrected chi connectivity index (χ2v) is 5.11. The van der Waals surface area contributed by atoms with Gasteiger partial charge in [0, 0.05) is 17.7 Å². The first kappa shape index (κ1) is 18.2. The van der Waals surface area contributed by atoms with E-state index in [1.807, 2.05) is 0 Å². The van der Waals surface area contributed by atoms with Crippen molar-refractivity contribution in [3.63, 3.8) is 0 Å². The maximum atomic E-state index is 13.6. The monoisotopic (exact) mass is 383 g/mol. The van der Waals surface area contributed by atoms with E-state index in [-0.39, 0.29) is 16.5 Å². The molecule has 0 saturated heterocycles. The predicted molar refractivity (Wildman–Crippen MR) is 73.9 cm³/mol. The third kappa shape index (κ3) is 4.42. The summed E-state index contributed by atoms with van der Waals surface area (Å²) in [7, 11) is 0. The summed E-state index contributed by atoms with van der Waals surface area (Å²) in [6.07, 6.45) is -4.92. The van der Waals surface area contributed by atoms with Gasteiger partial charge in [0.2, 0.25) is 0 Å². The van der Waals surface area contributed by atoms with Crippen LogP contribution in [0, 0.1) is 5.82 Å². The van der Waals surface area contributed by atoms with Gasteiger partial charge in [-0.2, -0.15) is 0 Å². The molecule has 0 heterocycles. The lowest BCUT2D eigenvalue weighted by Gasteiger charge is -2.13. The topological polar surface area (TPSA) is 58.6 Å². The summed E-state index contributed by atoms with van der Waals surface area (Å²) in [6, 6.07) is 4.44. The molecule has 4 nitrogen and oxygen atoms in total. The van der Waals surface area contributed by atoms with E-state index in [0.717, 1.165) is 24.3 Å². The van der Waals surface area contributed by atoms with Crippen LogP contribution in [0.2, 0.25) is 10.0 Å². The molecule has 128 valence electrons. The number of carboxylic acid groups (broad SMARTS) is 1. The number of aromatic carboxylic acids is 1. The zero-order chi connectivity index (χ0) is 18.1. The molecule has 2 aromatic carbocycles. The number of carbonyl (C=O) groups is 1. The number of hydrogen-bond donors (Lipinski definition) is 0. The molecule has 10 heteroatoms. The molecular weight excluding hydrogens is 379 g/mol. The Labute approximate surface area is 142 Å². The molecule has 0 amide bonds. The highest BCUT2D eigenvalue weighted by Gasteiger charge is 2.32. The standard InChI is InChI=1S/C14H6Cl2F4O4/c15-8-3-6(1-2-11(8)24-14(18,19)20)23-12-5-10(17)7(13(21)22)4-9(12)16/h1-5H,(H,21,22)/p-1. The van der Waals surface area contributed by atoms with Crippen LogP contribution >= 0.6 is 23.2 Å². The van der Waals surface area contributed by atoms with Crippen LogP contribution in [0.15, 0.2) is 30.3 Å². The van der Waals surface area contributed by atoms with Crippen molar-refractivity contribution in [2.45, 2.75) is 6.36 Å². The quantitative estimate of drug-likeness (QED) is 0.742. The molecule has 2 aromatic rings. The van der Waals surface area contributed by atoms with Crippen LogP contribution in [-0.4, -0.2) is 12.3 Å². The van der Waals surface area contributed by atoms with Crippen LogP contribution in [0.4, 0.5) is 17.6 Å². The van der Waals surface area contributed by atoms with Crippen LogP contribution in [0.5, 0.6) is 17.2 Å². The Morgan fingerprint density at radius 1 is 1.04 bits per heavy atom. The number of carboxylic acids is 1. The Hall–Kier alpha value is -2.19. The first-order valence-electron chi connectivity index (χ1n) is 6.00. The normalized spacial score (nSPS) is 11.2. The molecule has 0 aliphatic carbocycles. The van der Waals surface area contributed by atoms with Gasteiger partial charge in [-0.15, -0.1) is 13.2 Å². The summed E-state index contributed by atoms with van der Waals surface area (Å²) < 4.78 is 58.9. The number of hydrogen-bond acceptors (Lipinski definition) is 4. The number of halogens is 6. The van der Waals surface area contributed by atoms with Crippen LogP contribution < -0.4 is 14.6 Å². The van der Waals surface area contributed by atoms with E-state index >= 15 is 0 Å². The molecular formula is C14H5Cl2F4O4-. The minimum absolute atomic E-state index is 0.0722. The van der Waals surface area contributed by atoms with Crippen molar-refractivity contribution in [3.8, 4) is 17.2 Å². The van der Waals surface area contributed by atoms with Gasteiger partial charge in [0.05, 0.1) is 16.0 Å². The van der Waals surface area contributed by atoms with E-state index in [9.17, 15) is 27.5 Å². The molecule has 0 aromatic heterocycles. The van der Waals surface area contributed by atoms with E-state index in [1.165, 1.54) is 0 Å². The maximum Gasteiger partial charge on any atom is 0.573 e. The molecule has 0 N–H and O–H groups in total. The fraction of sp³-hybridized carbons (Fsp3) is 0.0714. The molecule has 24 heavy (non-hydrogen) atoms. The first-order chi connectivity index (χ1) is 11.1. The highest BCUT2D eigenvalue weighted by Crippen LogP contribution is 2.36. The Morgan fingerprint density at radius 2 is 1.67 bits per heavy atom. The predicted octanol–water partition coefficient (Wildman–Crippen LogP) is 4.19. The Bertz CT molecular complexity index is 793. The highest BCUT2D eigenvalue weighted by molar-refractivity contribution is 6.32. The lowest BCUT2D eigenvalue weighted by molar-refractivity contribution is -0.274. The van der Waals surface area contributed by atoms with Gasteiger partial charge in [-0.3, -0.25) is 0 Å². The minimum atomic E-state index is -4.92. The van der Waals surface area contributed by atoms with Crippen molar-refractivity contribution in [2.75, 3.05) is 0 Å². The molecule has 0 bridgehead atoms. The largest absolute Gasteiger partial charge is 0.573 e. The van der Waals surface area contributed by atoms with Gasteiger partial charge in [0.1, 0.15) is 23.1 Å². The lowest BCUT2D eigenvalue weighted by atomic mass is 10.2. The second-order valence-electron chi connectivity index (χ2n) is 4.29. The Morgan fingerprint density at radius 3 is 2.21 bits per heavy atom. The summed E-state index contributed by atoms with van der Waals surface area (Å²) in [5, 5.41) is 10.0. The Balaban J connectivity index is 2.27. The van der Waals surface area contributed by atoms with Gasteiger partial charge >= 0.3 is 6.36 Å². The smallest absolute Gasteiger partial charge is 0.545 e. The fourth-order valence-electron chi connectivity index (χ4n) is 1.64. The average molecular weight is 384 g/mol. The van der Waals surface area contributed by atoms with Crippen molar-refractivity contribution < 1.29 is 36.9 Å². The van der Waals surface area contributed by atoms with Crippen LogP contribution in [-0.2, 0) is 0 Å². The van der Waals surface area contributed by atoms with E-state index in [4.69, 9.17) is 27.9 Å². The summed E-state index contributed by atoms with van der Waals surface area (Å²) in [6.45, 7) is 0. The first-order valence-corrected chi connectivity index (χ1v) is 6.76. The highest BCUT2D eigenvalue weighted by atomic mass is 35.5. The fourth-order valence-corrected chi connectivity index (χ4v) is 2.05. The molecule has 0 saturated carbocycles. The van der Waals surface area contributed by atoms with E-state index < -0.39 is 34.5 Å². The molecule has 0 fully saturated rings. The van der Waals surface area contributed by atoms with Crippen LogP contribution in [0.3, 0.4) is 0 Å². The van der Waals surface area contributed by atoms with Crippen molar-refractivity contribution in [1.29, 1.82) is 0 Å². The molecule has 0 aliphatic heterocycles. The molecule has 2 rings (SSSR count). The zero-order valence-electron chi connectivity index (χ0n) is 11.3. The molecule has 0 unspecified atom stereocenters. The zero-order valence-corrected chi connectivity index (χ0v) is 12.8. The third-order valence-electron chi connectivity index (χ3n) is 2.60. The summed E-state index contributed by atoms with van der Waals surface area (Å²) >= 11 is 11.4. The van der Waals surface area contributed by atoms with E-state index in [0.29, 0.717) is 6.07 Å². The van der Waals surface area contributed by atoms with Crippen LogP contribution in [0.25, 0.3) is 0 Å². The Kier molecular flexibility index (Phi) is 5.10. The third-order valence-corrected chi connectivity index (χ3v) is 3.19. The van der Waals surface area contributed by atoms with Gasteiger partial charge in [-0.25, -0.2) is 4.39 Å². The summed E-state index contributed by atoms with van der Waals surface area (Å²) in [5.41, 5.74) is -0.765. The average Bonchev–Trinajstić information content (AvgIpc) is 2.44. The number of benzene rings is 2. The van der Waals surface area contributed by atoms with Gasteiger partial charge in [0.25, 0.3) is 0 Å². The molecule has 0 radical (unpaired) electrons. The van der Waals surface area contributed by atoms with Crippen molar-refractivity contribution in [3.05, 3.63) is 51.8 Å². The number of alkyl halides is 3. The second kappa shape index (κ2) is 6.74. The summed E-state index contributed by atoms with van der Waals surface area (Å²) in [5.74, 6) is -3.91.